The predicted molar refractivity (Wildman–Crippen MR) is 119 cm³/mol. The Hall–Kier alpha value is -2.37. The summed E-state index contributed by atoms with van der Waals surface area (Å²) in [7, 11) is 0. The van der Waals surface area contributed by atoms with E-state index in [0.717, 1.165) is 40.7 Å². The molecule has 3 aromatic rings. The van der Waals surface area contributed by atoms with Gasteiger partial charge in [-0.25, -0.2) is 0 Å². The predicted octanol–water partition coefficient (Wildman–Crippen LogP) is 5.91. The maximum atomic E-state index is 6.37. The molecule has 0 unspecified atom stereocenters. The smallest absolute Gasteiger partial charge is 0.170 e. The first kappa shape index (κ1) is 18.6. The van der Waals surface area contributed by atoms with Crippen LogP contribution in [0.15, 0.2) is 65.2 Å². The maximum absolute atomic E-state index is 6.37. The van der Waals surface area contributed by atoms with Crippen LogP contribution in [-0.4, -0.2) is 21.0 Å². The highest BCUT2D eigenvalue weighted by Crippen LogP contribution is 2.44. The third-order valence-electron chi connectivity index (χ3n) is 5.90. The minimum Gasteiger partial charge on any atom is -0.459 e. The minimum absolute atomic E-state index is 0.0125. The first-order valence-corrected chi connectivity index (χ1v) is 10.8. The van der Waals surface area contributed by atoms with Gasteiger partial charge in [0.2, 0.25) is 0 Å². The lowest BCUT2D eigenvalue weighted by molar-refractivity contribution is 0.218. The van der Waals surface area contributed by atoms with Crippen molar-refractivity contribution in [3.8, 4) is 11.3 Å². The topological polar surface area (TPSA) is 41.3 Å². The van der Waals surface area contributed by atoms with E-state index in [1.807, 2.05) is 48.7 Å². The molecular formula is C23H22ClN3OS. The van der Waals surface area contributed by atoms with Crippen molar-refractivity contribution in [2.24, 2.45) is 0 Å². The third-order valence-corrected chi connectivity index (χ3v) is 6.48. The van der Waals surface area contributed by atoms with E-state index in [-0.39, 0.29) is 12.1 Å². The molecule has 5 rings (SSSR count). The van der Waals surface area contributed by atoms with E-state index in [2.05, 4.69) is 27.3 Å². The zero-order valence-electron chi connectivity index (χ0n) is 15.9. The lowest BCUT2D eigenvalue weighted by Gasteiger charge is -2.31. The van der Waals surface area contributed by atoms with Crippen LogP contribution in [0.4, 0.5) is 0 Å². The first-order chi connectivity index (χ1) is 14.2. The minimum atomic E-state index is -0.0338. The number of nitrogens with one attached hydrogen (secondary N) is 1. The molecule has 29 heavy (non-hydrogen) atoms. The number of benzene rings is 1. The zero-order chi connectivity index (χ0) is 19.8. The molecule has 2 atom stereocenters. The van der Waals surface area contributed by atoms with Gasteiger partial charge < -0.3 is 14.6 Å². The summed E-state index contributed by atoms with van der Waals surface area (Å²) >= 11 is 11.8. The molecule has 1 saturated carbocycles. The van der Waals surface area contributed by atoms with Crippen LogP contribution in [0.1, 0.15) is 49.2 Å². The highest BCUT2D eigenvalue weighted by molar-refractivity contribution is 7.80. The fraction of sp³-hybridized carbons (Fsp3) is 0.304. The Morgan fingerprint density at radius 3 is 2.55 bits per heavy atom. The molecular weight excluding hydrogens is 402 g/mol. The van der Waals surface area contributed by atoms with Crippen molar-refractivity contribution in [2.45, 2.75) is 43.8 Å². The Bertz CT molecular complexity index is 998. The van der Waals surface area contributed by atoms with Gasteiger partial charge in [-0.2, -0.15) is 0 Å². The van der Waals surface area contributed by atoms with Crippen LogP contribution in [-0.2, 0) is 0 Å². The highest BCUT2D eigenvalue weighted by atomic mass is 35.5. The van der Waals surface area contributed by atoms with Crippen LogP contribution in [0.3, 0.4) is 0 Å². The Kier molecular flexibility index (Phi) is 5.02. The van der Waals surface area contributed by atoms with Crippen LogP contribution >= 0.6 is 23.8 Å². The van der Waals surface area contributed by atoms with Gasteiger partial charge in [0.25, 0.3) is 0 Å². The Balaban J connectivity index is 1.54. The van der Waals surface area contributed by atoms with E-state index >= 15 is 0 Å². The summed E-state index contributed by atoms with van der Waals surface area (Å²) in [4.78, 5) is 6.95. The molecule has 1 saturated heterocycles. The van der Waals surface area contributed by atoms with Crippen molar-refractivity contribution in [2.75, 3.05) is 0 Å². The van der Waals surface area contributed by atoms with Crippen LogP contribution in [0.25, 0.3) is 11.3 Å². The molecule has 2 aliphatic rings. The summed E-state index contributed by atoms with van der Waals surface area (Å²) in [6.45, 7) is 0. The second kappa shape index (κ2) is 7.81. The van der Waals surface area contributed by atoms with Crippen molar-refractivity contribution < 1.29 is 4.42 Å². The number of hydrogen-bond acceptors (Lipinski definition) is 3. The summed E-state index contributed by atoms with van der Waals surface area (Å²) in [6, 6.07) is 18.2. The molecule has 0 bridgehead atoms. The Morgan fingerprint density at radius 2 is 1.83 bits per heavy atom. The number of pyridine rings is 1. The molecule has 3 heterocycles. The largest absolute Gasteiger partial charge is 0.459 e. The van der Waals surface area contributed by atoms with E-state index in [0.29, 0.717) is 11.1 Å². The SMILES string of the molecule is S=C1N[C@H](c2ccccn2)[C@H](c2ccc(-c3ccc(Cl)cc3)o2)N1C1CCCC1. The lowest BCUT2D eigenvalue weighted by atomic mass is 10.0. The number of halogens is 1. The monoisotopic (exact) mass is 423 g/mol. The van der Waals surface area contributed by atoms with Crippen molar-refractivity contribution in [3.63, 3.8) is 0 Å². The molecule has 1 N–H and O–H groups in total. The van der Waals surface area contributed by atoms with Crippen LogP contribution in [0, 0.1) is 0 Å². The molecule has 6 heteroatoms. The number of nitrogens with zero attached hydrogens (tertiary/aromatic N) is 2. The molecule has 4 nitrogen and oxygen atoms in total. The number of aromatic nitrogens is 1. The van der Waals surface area contributed by atoms with Gasteiger partial charge in [-0.05, 0) is 73.6 Å². The van der Waals surface area contributed by atoms with Gasteiger partial charge in [0.1, 0.15) is 17.6 Å². The highest BCUT2D eigenvalue weighted by Gasteiger charge is 2.45. The fourth-order valence-corrected chi connectivity index (χ4v) is 5.04. The van der Waals surface area contributed by atoms with E-state index in [4.69, 9.17) is 28.2 Å². The summed E-state index contributed by atoms with van der Waals surface area (Å²) in [5, 5.41) is 5.03. The standard InChI is InChI=1S/C23H22ClN3OS/c24-16-10-8-15(9-11-16)19-12-13-20(28-19)22-21(18-7-3-4-14-25-18)26-23(29)27(22)17-5-1-2-6-17/h3-4,7-14,17,21-22H,1-2,5-6H2,(H,26,29)/t21-,22+/m1/s1. The fourth-order valence-electron chi connectivity index (χ4n) is 4.53. The summed E-state index contributed by atoms with van der Waals surface area (Å²) in [5.74, 6) is 1.74. The molecule has 0 radical (unpaired) electrons. The summed E-state index contributed by atoms with van der Waals surface area (Å²) in [5.41, 5.74) is 1.99. The summed E-state index contributed by atoms with van der Waals surface area (Å²) < 4.78 is 6.37. The lowest BCUT2D eigenvalue weighted by Crippen LogP contribution is -2.37. The molecule has 0 amide bonds. The number of hydrogen-bond donors (Lipinski definition) is 1. The summed E-state index contributed by atoms with van der Waals surface area (Å²) in [6.07, 6.45) is 6.66. The molecule has 2 fully saturated rings. The van der Waals surface area contributed by atoms with Gasteiger partial charge >= 0.3 is 0 Å². The number of rotatable bonds is 4. The Labute approximate surface area is 180 Å². The zero-order valence-corrected chi connectivity index (χ0v) is 17.5. The number of furan rings is 1. The molecule has 1 aliphatic heterocycles. The molecule has 1 aromatic carbocycles. The van der Waals surface area contributed by atoms with Crippen molar-refractivity contribution in [1.82, 2.24) is 15.2 Å². The molecule has 0 spiro atoms. The molecule has 2 aromatic heterocycles. The van der Waals surface area contributed by atoms with Gasteiger partial charge in [-0.3, -0.25) is 4.98 Å². The third kappa shape index (κ3) is 3.53. The molecule has 148 valence electrons. The van der Waals surface area contributed by atoms with Crippen molar-refractivity contribution in [3.05, 3.63) is 77.3 Å². The van der Waals surface area contributed by atoms with Crippen LogP contribution < -0.4 is 5.32 Å². The van der Waals surface area contributed by atoms with Crippen LogP contribution in [0.5, 0.6) is 0 Å². The van der Waals surface area contributed by atoms with Crippen molar-refractivity contribution in [1.29, 1.82) is 0 Å². The van der Waals surface area contributed by atoms with E-state index in [1.165, 1.54) is 12.8 Å². The second-order valence-electron chi connectivity index (χ2n) is 7.68. The van der Waals surface area contributed by atoms with Gasteiger partial charge in [0.15, 0.2) is 5.11 Å². The van der Waals surface area contributed by atoms with Gasteiger partial charge in [-0.15, -0.1) is 0 Å². The first-order valence-electron chi connectivity index (χ1n) is 10.1. The molecule has 1 aliphatic carbocycles. The van der Waals surface area contributed by atoms with Crippen LogP contribution in [0.2, 0.25) is 5.02 Å². The van der Waals surface area contributed by atoms with Gasteiger partial charge in [0, 0.05) is 22.8 Å². The quantitative estimate of drug-likeness (QED) is 0.528. The second-order valence-corrected chi connectivity index (χ2v) is 8.50. The Morgan fingerprint density at radius 1 is 1.03 bits per heavy atom. The van der Waals surface area contributed by atoms with E-state index in [1.54, 1.807) is 0 Å². The van der Waals surface area contributed by atoms with Crippen molar-refractivity contribution >= 4 is 28.9 Å². The normalized spacial score (nSPS) is 22.2. The maximum Gasteiger partial charge on any atom is 0.170 e. The van der Waals surface area contributed by atoms with E-state index < -0.39 is 0 Å². The van der Waals surface area contributed by atoms with E-state index in [9.17, 15) is 0 Å². The van der Waals surface area contributed by atoms with Gasteiger partial charge in [0.05, 0.1) is 11.7 Å². The number of thiocarbonyl (C=S) groups is 1. The average Bonchev–Trinajstić information content (AvgIpc) is 3.48. The average molecular weight is 424 g/mol. The van der Waals surface area contributed by atoms with Gasteiger partial charge in [-0.1, -0.05) is 30.5 Å².